The summed E-state index contributed by atoms with van der Waals surface area (Å²) in [6.45, 7) is 1.86. The lowest BCUT2D eigenvalue weighted by molar-refractivity contribution is 0.609. The first-order valence-electron chi connectivity index (χ1n) is 4.03. The van der Waals surface area contributed by atoms with Gasteiger partial charge in [0.25, 0.3) is 0 Å². The number of hydrogen-bond donors (Lipinski definition) is 0. The summed E-state index contributed by atoms with van der Waals surface area (Å²) in [5.41, 5.74) is 1.39. The van der Waals surface area contributed by atoms with Crippen LogP contribution in [0.3, 0.4) is 0 Å². The number of nitrogens with zero attached hydrogens (tertiary/aromatic N) is 2. The molecule has 0 saturated heterocycles. The zero-order valence-corrected chi connectivity index (χ0v) is 7.24. The van der Waals surface area contributed by atoms with Gasteiger partial charge >= 0.3 is 0 Å². The lowest BCUT2D eigenvalue weighted by atomic mass is 10.2. The van der Waals surface area contributed by atoms with E-state index in [1.807, 2.05) is 13.0 Å². The van der Waals surface area contributed by atoms with Gasteiger partial charge in [-0.05, 0) is 30.7 Å². The van der Waals surface area contributed by atoms with E-state index in [4.69, 9.17) is 0 Å². The molecule has 1 aromatic carbocycles. The van der Waals surface area contributed by atoms with Crippen LogP contribution in [0.1, 0.15) is 5.56 Å². The Balaban J connectivity index is 2.53. The summed E-state index contributed by atoms with van der Waals surface area (Å²) in [6, 6.07) is 6.84. The van der Waals surface area contributed by atoms with Crippen LogP contribution in [0.2, 0.25) is 0 Å². The number of rotatable bonds is 1. The summed E-state index contributed by atoms with van der Waals surface area (Å²) in [4.78, 5) is 0. The van der Waals surface area contributed by atoms with Crippen LogP contribution < -0.4 is 0 Å². The van der Waals surface area contributed by atoms with Crippen molar-refractivity contribution in [2.24, 2.45) is 0 Å². The van der Waals surface area contributed by atoms with Crippen molar-refractivity contribution in [2.75, 3.05) is 0 Å². The van der Waals surface area contributed by atoms with Gasteiger partial charge in [-0.25, -0.2) is 9.07 Å². The molecule has 0 unspecified atom stereocenters. The third-order valence-electron chi connectivity index (χ3n) is 1.85. The summed E-state index contributed by atoms with van der Waals surface area (Å²) in [6.07, 6.45) is 3.34. The van der Waals surface area contributed by atoms with Gasteiger partial charge in [-0.1, -0.05) is 6.07 Å². The molecule has 13 heavy (non-hydrogen) atoms. The topological polar surface area (TPSA) is 17.8 Å². The summed E-state index contributed by atoms with van der Waals surface area (Å²) in [5, 5.41) is 3.95. The van der Waals surface area contributed by atoms with Crippen molar-refractivity contribution in [3.8, 4) is 5.69 Å². The van der Waals surface area contributed by atoms with Crippen LogP contribution in [-0.4, -0.2) is 9.78 Å². The first-order chi connectivity index (χ1) is 6.27. The van der Waals surface area contributed by atoms with E-state index in [0.29, 0.717) is 5.69 Å². The maximum Gasteiger partial charge on any atom is 0.149 e. The van der Waals surface area contributed by atoms with Crippen LogP contribution in [0.15, 0.2) is 36.7 Å². The highest BCUT2D eigenvalue weighted by Gasteiger charge is 2.03. The van der Waals surface area contributed by atoms with Gasteiger partial charge in [0.2, 0.25) is 0 Å². The molecule has 0 aliphatic heterocycles. The Bertz CT molecular complexity index is 407. The van der Waals surface area contributed by atoms with Gasteiger partial charge in [0.05, 0.1) is 0 Å². The molecule has 2 nitrogen and oxygen atoms in total. The van der Waals surface area contributed by atoms with Crippen molar-refractivity contribution < 1.29 is 4.39 Å². The monoisotopic (exact) mass is 176 g/mol. The van der Waals surface area contributed by atoms with Crippen LogP contribution in [0.25, 0.3) is 5.69 Å². The molecule has 0 N–H and O–H groups in total. The fourth-order valence-corrected chi connectivity index (χ4v) is 1.21. The quantitative estimate of drug-likeness (QED) is 0.652. The molecule has 2 aromatic rings. The molecule has 0 spiro atoms. The number of aromatic nitrogens is 2. The number of aryl methyl sites for hydroxylation is 1. The lowest BCUT2D eigenvalue weighted by Gasteiger charge is -2.03. The molecule has 0 fully saturated rings. The van der Waals surface area contributed by atoms with E-state index >= 15 is 0 Å². The van der Waals surface area contributed by atoms with Crippen molar-refractivity contribution in [3.63, 3.8) is 0 Å². The van der Waals surface area contributed by atoms with E-state index < -0.39 is 0 Å². The van der Waals surface area contributed by atoms with Crippen molar-refractivity contribution >= 4 is 0 Å². The van der Waals surface area contributed by atoms with E-state index in [1.54, 1.807) is 24.5 Å². The molecule has 0 amide bonds. The fraction of sp³-hybridized carbons (Fsp3) is 0.100. The SMILES string of the molecule is Cc1ccc(-n2cccn2)c(F)c1. The minimum atomic E-state index is -0.247. The van der Waals surface area contributed by atoms with E-state index in [0.717, 1.165) is 5.56 Å². The highest BCUT2D eigenvalue weighted by Crippen LogP contribution is 2.13. The molecular weight excluding hydrogens is 167 g/mol. The van der Waals surface area contributed by atoms with Crippen molar-refractivity contribution in [1.82, 2.24) is 9.78 Å². The van der Waals surface area contributed by atoms with E-state index in [1.165, 1.54) is 10.7 Å². The molecule has 0 aliphatic carbocycles. The Morgan fingerprint density at radius 1 is 1.38 bits per heavy atom. The standard InChI is InChI=1S/C10H9FN2/c1-8-3-4-10(9(11)7-8)13-6-2-5-12-13/h2-7H,1H3. The van der Waals surface area contributed by atoms with Crippen LogP contribution in [0.4, 0.5) is 4.39 Å². The van der Waals surface area contributed by atoms with E-state index in [2.05, 4.69) is 5.10 Å². The van der Waals surface area contributed by atoms with Crippen molar-refractivity contribution in [1.29, 1.82) is 0 Å². The van der Waals surface area contributed by atoms with Gasteiger partial charge in [-0.3, -0.25) is 0 Å². The smallest absolute Gasteiger partial charge is 0.149 e. The molecule has 0 atom stereocenters. The fourth-order valence-electron chi connectivity index (χ4n) is 1.21. The second-order valence-electron chi connectivity index (χ2n) is 2.91. The number of hydrogen-bond acceptors (Lipinski definition) is 1. The predicted molar refractivity (Wildman–Crippen MR) is 48.3 cm³/mol. The second kappa shape index (κ2) is 3.01. The molecule has 0 radical (unpaired) electrons. The van der Waals surface area contributed by atoms with Crippen molar-refractivity contribution in [3.05, 3.63) is 48.0 Å². The van der Waals surface area contributed by atoms with E-state index in [9.17, 15) is 4.39 Å². The van der Waals surface area contributed by atoms with Gasteiger partial charge in [-0.2, -0.15) is 5.10 Å². The van der Waals surface area contributed by atoms with Crippen LogP contribution in [0.5, 0.6) is 0 Å². The van der Waals surface area contributed by atoms with Gasteiger partial charge in [0, 0.05) is 12.4 Å². The third-order valence-corrected chi connectivity index (χ3v) is 1.85. The van der Waals surface area contributed by atoms with Gasteiger partial charge in [0.1, 0.15) is 11.5 Å². The molecule has 0 saturated carbocycles. The Kier molecular flexibility index (Phi) is 1.85. The van der Waals surface area contributed by atoms with Gasteiger partial charge < -0.3 is 0 Å². The van der Waals surface area contributed by atoms with E-state index in [-0.39, 0.29) is 5.82 Å². The first kappa shape index (κ1) is 7.98. The predicted octanol–water partition coefficient (Wildman–Crippen LogP) is 2.32. The van der Waals surface area contributed by atoms with Crippen molar-refractivity contribution in [2.45, 2.75) is 6.92 Å². The molecule has 3 heteroatoms. The van der Waals surface area contributed by atoms with Crippen LogP contribution >= 0.6 is 0 Å². The summed E-state index contributed by atoms with van der Waals surface area (Å²) >= 11 is 0. The number of halogens is 1. The van der Waals surface area contributed by atoms with Crippen LogP contribution in [0, 0.1) is 12.7 Å². The lowest BCUT2D eigenvalue weighted by Crippen LogP contribution is -1.97. The second-order valence-corrected chi connectivity index (χ2v) is 2.91. The van der Waals surface area contributed by atoms with Gasteiger partial charge in [-0.15, -0.1) is 0 Å². The Morgan fingerprint density at radius 3 is 2.85 bits per heavy atom. The molecule has 1 heterocycles. The molecular formula is C10H9FN2. The molecule has 66 valence electrons. The zero-order chi connectivity index (χ0) is 9.26. The highest BCUT2D eigenvalue weighted by atomic mass is 19.1. The Labute approximate surface area is 75.6 Å². The molecule has 1 aromatic heterocycles. The number of benzene rings is 1. The maximum absolute atomic E-state index is 13.4. The third kappa shape index (κ3) is 1.45. The normalized spacial score (nSPS) is 10.3. The maximum atomic E-state index is 13.4. The molecule has 0 aliphatic rings. The highest BCUT2D eigenvalue weighted by molar-refractivity contribution is 5.35. The summed E-state index contributed by atoms with van der Waals surface area (Å²) < 4.78 is 14.9. The Hall–Kier alpha value is -1.64. The molecule has 0 bridgehead atoms. The minimum absolute atomic E-state index is 0.247. The zero-order valence-electron chi connectivity index (χ0n) is 7.24. The Morgan fingerprint density at radius 2 is 2.23 bits per heavy atom. The molecule has 2 rings (SSSR count). The van der Waals surface area contributed by atoms with Gasteiger partial charge in [0.15, 0.2) is 0 Å². The average Bonchev–Trinajstić information content (AvgIpc) is 2.56. The largest absolute Gasteiger partial charge is 0.238 e. The summed E-state index contributed by atoms with van der Waals surface area (Å²) in [5.74, 6) is -0.247. The summed E-state index contributed by atoms with van der Waals surface area (Å²) in [7, 11) is 0. The first-order valence-corrected chi connectivity index (χ1v) is 4.03. The minimum Gasteiger partial charge on any atom is -0.238 e. The average molecular weight is 176 g/mol. The van der Waals surface area contributed by atoms with Crippen LogP contribution in [-0.2, 0) is 0 Å².